The quantitative estimate of drug-likeness (QED) is 0.833. The molecule has 1 aromatic rings. The molecule has 0 radical (unpaired) electrons. The van der Waals surface area contributed by atoms with E-state index in [1.54, 1.807) is 18.2 Å². The maximum atomic E-state index is 11.9. The molecule has 0 amide bonds. The molecule has 100 valence electrons. The molecule has 0 fully saturated rings. The molecule has 0 unspecified atom stereocenters. The van der Waals surface area contributed by atoms with Crippen LogP contribution in [0.4, 0.5) is 14.5 Å². The van der Waals surface area contributed by atoms with Crippen LogP contribution >= 0.6 is 0 Å². The summed E-state index contributed by atoms with van der Waals surface area (Å²) in [6, 6.07) is 10.7. The SMILES string of the molecule is N#CC(C#N)=C(C#N)Nc1ccc(OCC(F)F)cc1. The number of benzene rings is 1. The van der Waals surface area contributed by atoms with E-state index in [0.29, 0.717) is 5.69 Å². The monoisotopic (exact) mass is 274 g/mol. The van der Waals surface area contributed by atoms with E-state index in [-0.39, 0.29) is 17.0 Å². The highest BCUT2D eigenvalue weighted by Gasteiger charge is 2.07. The largest absolute Gasteiger partial charge is 0.488 e. The topological polar surface area (TPSA) is 92.6 Å². The minimum atomic E-state index is -2.56. The fourth-order valence-electron chi connectivity index (χ4n) is 1.22. The van der Waals surface area contributed by atoms with Gasteiger partial charge in [-0.2, -0.15) is 15.8 Å². The Hall–Kier alpha value is -3.11. The number of anilines is 1. The van der Waals surface area contributed by atoms with Crippen molar-refractivity contribution in [3.8, 4) is 24.0 Å². The molecule has 0 bridgehead atoms. The van der Waals surface area contributed by atoms with Crippen LogP contribution in [0.25, 0.3) is 0 Å². The van der Waals surface area contributed by atoms with Crippen molar-refractivity contribution in [2.24, 2.45) is 0 Å². The molecular formula is C13H8F2N4O. The van der Waals surface area contributed by atoms with Crippen LogP contribution in [-0.4, -0.2) is 13.0 Å². The Labute approximate surface area is 113 Å². The molecule has 1 N–H and O–H groups in total. The van der Waals surface area contributed by atoms with Gasteiger partial charge in [0, 0.05) is 5.69 Å². The third-order valence-corrected chi connectivity index (χ3v) is 2.09. The molecule has 0 saturated heterocycles. The third kappa shape index (κ3) is 4.29. The summed E-state index contributed by atoms with van der Waals surface area (Å²) in [6.07, 6.45) is -2.56. The number of nitrogens with one attached hydrogen (secondary N) is 1. The molecule has 0 saturated carbocycles. The standard InChI is InChI=1S/C13H8F2N4O/c14-13(15)8-20-11-3-1-10(2-4-11)19-12(7-18)9(5-16)6-17/h1-4,13,19H,8H2. The summed E-state index contributed by atoms with van der Waals surface area (Å²) in [5.74, 6) is 0.249. The number of nitriles is 3. The first kappa shape index (κ1) is 14.9. The van der Waals surface area contributed by atoms with Crippen LogP contribution in [0.5, 0.6) is 5.75 Å². The molecule has 7 heteroatoms. The number of rotatable bonds is 5. The van der Waals surface area contributed by atoms with Crippen molar-refractivity contribution in [1.82, 2.24) is 0 Å². The smallest absolute Gasteiger partial charge is 0.272 e. The van der Waals surface area contributed by atoms with Gasteiger partial charge in [0.05, 0.1) is 0 Å². The van der Waals surface area contributed by atoms with Crippen molar-refractivity contribution in [1.29, 1.82) is 15.8 Å². The number of alkyl halides is 2. The normalized spacial score (nSPS) is 9.00. The highest BCUT2D eigenvalue weighted by Crippen LogP contribution is 2.18. The van der Waals surface area contributed by atoms with Crippen molar-refractivity contribution in [2.75, 3.05) is 11.9 Å². The van der Waals surface area contributed by atoms with Gasteiger partial charge in [-0.25, -0.2) is 8.78 Å². The second kappa shape index (κ2) is 7.35. The highest BCUT2D eigenvalue weighted by atomic mass is 19.3. The Kier molecular flexibility index (Phi) is 5.50. The molecule has 20 heavy (non-hydrogen) atoms. The van der Waals surface area contributed by atoms with Gasteiger partial charge in [-0.15, -0.1) is 0 Å². The van der Waals surface area contributed by atoms with Crippen molar-refractivity contribution >= 4 is 5.69 Å². The minimum absolute atomic E-state index is 0.184. The molecule has 5 nitrogen and oxygen atoms in total. The number of nitrogens with zero attached hydrogens (tertiary/aromatic N) is 3. The van der Waals surface area contributed by atoms with Gasteiger partial charge < -0.3 is 10.1 Å². The van der Waals surface area contributed by atoms with Crippen LogP contribution in [-0.2, 0) is 0 Å². The van der Waals surface area contributed by atoms with E-state index in [2.05, 4.69) is 5.32 Å². The van der Waals surface area contributed by atoms with Crippen LogP contribution in [0.3, 0.4) is 0 Å². The fraction of sp³-hybridized carbons (Fsp3) is 0.154. The molecule has 0 aromatic heterocycles. The predicted molar refractivity (Wildman–Crippen MR) is 65.4 cm³/mol. The van der Waals surface area contributed by atoms with E-state index >= 15 is 0 Å². The molecule has 0 aliphatic carbocycles. The van der Waals surface area contributed by atoms with E-state index in [1.165, 1.54) is 24.3 Å². The zero-order valence-corrected chi connectivity index (χ0v) is 10.1. The van der Waals surface area contributed by atoms with Gasteiger partial charge in [0.15, 0.2) is 5.57 Å². The van der Waals surface area contributed by atoms with Gasteiger partial charge in [0.25, 0.3) is 6.43 Å². The lowest BCUT2D eigenvalue weighted by Gasteiger charge is -2.07. The van der Waals surface area contributed by atoms with Gasteiger partial charge in [-0.05, 0) is 24.3 Å². The number of hydrogen-bond acceptors (Lipinski definition) is 5. The lowest BCUT2D eigenvalue weighted by atomic mass is 10.2. The maximum absolute atomic E-state index is 11.9. The third-order valence-electron chi connectivity index (χ3n) is 2.09. The summed E-state index contributed by atoms with van der Waals surface area (Å²) in [4.78, 5) is 0. The van der Waals surface area contributed by atoms with Gasteiger partial charge in [-0.3, -0.25) is 0 Å². The van der Waals surface area contributed by atoms with Crippen molar-refractivity contribution in [3.05, 3.63) is 35.5 Å². The van der Waals surface area contributed by atoms with Gasteiger partial charge in [0.1, 0.15) is 36.3 Å². The molecular weight excluding hydrogens is 266 g/mol. The lowest BCUT2D eigenvalue weighted by Crippen LogP contribution is -2.07. The van der Waals surface area contributed by atoms with E-state index in [4.69, 9.17) is 20.5 Å². The van der Waals surface area contributed by atoms with Crippen molar-refractivity contribution in [3.63, 3.8) is 0 Å². The molecule has 0 atom stereocenters. The number of ether oxygens (including phenoxy) is 1. The first-order valence-electron chi connectivity index (χ1n) is 5.33. The molecule has 0 aliphatic rings. The van der Waals surface area contributed by atoms with Crippen molar-refractivity contribution < 1.29 is 13.5 Å². The second-order valence-electron chi connectivity index (χ2n) is 3.44. The number of hydrogen-bond donors (Lipinski definition) is 1. The summed E-state index contributed by atoms with van der Waals surface area (Å²) < 4.78 is 28.7. The zero-order valence-electron chi connectivity index (χ0n) is 10.1. The summed E-state index contributed by atoms with van der Waals surface area (Å²) in [5.41, 5.74) is -0.101. The molecule has 1 aromatic carbocycles. The van der Waals surface area contributed by atoms with E-state index in [0.717, 1.165) is 0 Å². The number of allylic oxidation sites excluding steroid dienone is 2. The zero-order chi connectivity index (χ0) is 15.0. The average Bonchev–Trinajstić information content (AvgIpc) is 2.46. The Bertz CT molecular complexity index is 602. The lowest BCUT2D eigenvalue weighted by molar-refractivity contribution is 0.0819. The van der Waals surface area contributed by atoms with E-state index in [1.807, 2.05) is 0 Å². The van der Waals surface area contributed by atoms with Gasteiger partial charge in [-0.1, -0.05) is 0 Å². The Balaban J connectivity index is 2.81. The summed E-state index contributed by atoms with van der Waals surface area (Å²) in [5, 5.41) is 28.8. The van der Waals surface area contributed by atoms with Gasteiger partial charge in [0.2, 0.25) is 0 Å². The maximum Gasteiger partial charge on any atom is 0.272 e. The Morgan fingerprint density at radius 2 is 1.70 bits per heavy atom. The van der Waals surface area contributed by atoms with E-state index in [9.17, 15) is 8.78 Å². The fourth-order valence-corrected chi connectivity index (χ4v) is 1.22. The minimum Gasteiger partial charge on any atom is -0.488 e. The first-order valence-corrected chi connectivity index (χ1v) is 5.33. The Morgan fingerprint density at radius 1 is 1.10 bits per heavy atom. The van der Waals surface area contributed by atoms with Crippen LogP contribution in [0.15, 0.2) is 35.5 Å². The van der Waals surface area contributed by atoms with E-state index < -0.39 is 13.0 Å². The molecule has 1 rings (SSSR count). The predicted octanol–water partition coefficient (Wildman–Crippen LogP) is 2.57. The number of halogens is 2. The molecule has 0 spiro atoms. The van der Waals surface area contributed by atoms with Gasteiger partial charge >= 0.3 is 0 Å². The van der Waals surface area contributed by atoms with Crippen LogP contribution < -0.4 is 10.1 Å². The summed E-state index contributed by atoms with van der Waals surface area (Å²) >= 11 is 0. The highest BCUT2D eigenvalue weighted by molar-refractivity contribution is 5.58. The van der Waals surface area contributed by atoms with Crippen molar-refractivity contribution in [2.45, 2.75) is 6.43 Å². The second-order valence-corrected chi connectivity index (χ2v) is 3.44. The van der Waals surface area contributed by atoms with Crippen LogP contribution in [0, 0.1) is 34.0 Å². The van der Waals surface area contributed by atoms with Crippen LogP contribution in [0.1, 0.15) is 0 Å². The first-order chi connectivity index (χ1) is 9.60. The summed E-state index contributed by atoms with van der Waals surface area (Å²) in [7, 11) is 0. The molecule has 0 heterocycles. The summed E-state index contributed by atoms with van der Waals surface area (Å²) in [6.45, 7) is -0.705. The average molecular weight is 274 g/mol. The Morgan fingerprint density at radius 3 is 2.15 bits per heavy atom. The molecule has 0 aliphatic heterocycles. The van der Waals surface area contributed by atoms with Crippen LogP contribution in [0.2, 0.25) is 0 Å².